The topological polar surface area (TPSA) is 49.6 Å². The fraction of sp³-hybridized carbons (Fsp3) is 0.682. The van der Waals surface area contributed by atoms with Gasteiger partial charge in [0.2, 0.25) is 5.91 Å². The maximum Gasteiger partial charge on any atom is 0.240 e. The summed E-state index contributed by atoms with van der Waals surface area (Å²) in [5, 5.41) is 0. The molecular formula is C22H37N3O. The van der Waals surface area contributed by atoms with Crippen molar-refractivity contribution >= 4 is 5.91 Å². The molecule has 4 heteroatoms. The van der Waals surface area contributed by atoms with Crippen molar-refractivity contribution in [3.63, 3.8) is 0 Å². The molecule has 0 aromatic rings. The number of nitrogens with zero attached hydrogens (tertiary/aromatic N) is 2. The van der Waals surface area contributed by atoms with E-state index in [1.54, 1.807) is 6.08 Å². The molecular weight excluding hydrogens is 322 g/mol. The van der Waals surface area contributed by atoms with Crippen LogP contribution in [0.15, 0.2) is 37.0 Å². The van der Waals surface area contributed by atoms with E-state index in [0.29, 0.717) is 12.0 Å². The molecule has 1 saturated carbocycles. The van der Waals surface area contributed by atoms with E-state index in [2.05, 4.69) is 30.0 Å². The van der Waals surface area contributed by atoms with Crippen molar-refractivity contribution in [3.8, 4) is 0 Å². The Kier molecular flexibility index (Phi) is 8.60. The lowest BCUT2D eigenvalue weighted by Crippen LogP contribution is -2.51. The van der Waals surface area contributed by atoms with Crippen molar-refractivity contribution in [2.24, 2.45) is 11.7 Å². The summed E-state index contributed by atoms with van der Waals surface area (Å²) in [4.78, 5) is 17.4. The van der Waals surface area contributed by atoms with E-state index in [1.807, 2.05) is 12.2 Å². The van der Waals surface area contributed by atoms with Crippen LogP contribution < -0.4 is 5.73 Å². The minimum atomic E-state index is -0.302. The minimum Gasteiger partial charge on any atom is -0.337 e. The van der Waals surface area contributed by atoms with E-state index in [9.17, 15) is 4.79 Å². The first-order valence-corrected chi connectivity index (χ1v) is 10.3. The quantitative estimate of drug-likeness (QED) is 0.641. The predicted octanol–water partition coefficient (Wildman–Crippen LogP) is 3.51. The molecule has 146 valence electrons. The lowest BCUT2D eigenvalue weighted by molar-refractivity contribution is -0.135. The van der Waals surface area contributed by atoms with E-state index in [1.165, 1.54) is 24.8 Å². The highest BCUT2D eigenvalue weighted by atomic mass is 16.2. The second-order valence-electron chi connectivity index (χ2n) is 7.95. The zero-order valence-corrected chi connectivity index (χ0v) is 16.5. The van der Waals surface area contributed by atoms with Crippen molar-refractivity contribution in [1.29, 1.82) is 0 Å². The van der Waals surface area contributed by atoms with Crippen molar-refractivity contribution in [1.82, 2.24) is 9.80 Å². The number of rotatable bonds is 9. The molecule has 0 aromatic heterocycles. The van der Waals surface area contributed by atoms with Gasteiger partial charge in [-0.3, -0.25) is 4.79 Å². The molecule has 4 nitrogen and oxygen atoms in total. The van der Waals surface area contributed by atoms with Gasteiger partial charge in [0.15, 0.2) is 0 Å². The standard InChI is InChI=1S/C22H37N3O/c1-4-10-18(5-2)14-16-24(3)17-20-13-9-15-25(20)22(26)21(23)19-11-7-6-8-12-19/h4-5,10,19-21H,1-2,6-9,11-17,23H2,3H3/b18-10+. The average Bonchev–Trinajstić information content (AvgIpc) is 3.12. The van der Waals surface area contributed by atoms with Crippen LogP contribution >= 0.6 is 0 Å². The largest absolute Gasteiger partial charge is 0.337 e. The van der Waals surface area contributed by atoms with Crippen LogP contribution in [0.4, 0.5) is 0 Å². The Hall–Kier alpha value is -1.39. The third-order valence-corrected chi connectivity index (χ3v) is 6.00. The summed E-state index contributed by atoms with van der Waals surface area (Å²) in [7, 11) is 2.14. The monoisotopic (exact) mass is 359 g/mol. The highest BCUT2D eigenvalue weighted by molar-refractivity contribution is 5.82. The van der Waals surface area contributed by atoms with Gasteiger partial charge in [-0.05, 0) is 50.6 Å². The van der Waals surface area contributed by atoms with Gasteiger partial charge in [0.1, 0.15) is 0 Å². The molecule has 1 heterocycles. The molecule has 1 amide bonds. The van der Waals surface area contributed by atoms with Gasteiger partial charge >= 0.3 is 0 Å². The Bertz CT molecular complexity index is 508. The number of likely N-dealkylation sites (N-methyl/N-ethyl adjacent to an activating group) is 1. The van der Waals surface area contributed by atoms with Crippen LogP contribution in [0.5, 0.6) is 0 Å². The summed E-state index contributed by atoms with van der Waals surface area (Å²) in [6.45, 7) is 10.4. The summed E-state index contributed by atoms with van der Waals surface area (Å²) >= 11 is 0. The van der Waals surface area contributed by atoms with Crippen LogP contribution in [0.3, 0.4) is 0 Å². The van der Waals surface area contributed by atoms with Crippen LogP contribution in [0.25, 0.3) is 0 Å². The van der Waals surface area contributed by atoms with Crippen LogP contribution in [0.2, 0.25) is 0 Å². The van der Waals surface area contributed by atoms with Crippen molar-refractivity contribution in [3.05, 3.63) is 37.0 Å². The molecule has 2 atom stereocenters. The van der Waals surface area contributed by atoms with Gasteiger partial charge in [0.25, 0.3) is 0 Å². The maximum absolute atomic E-state index is 13.0. The Balaban J connectivity index is 1.86. The summed E-state index contributed by atoms with van der Waals surface area (Å²) in [6, 6.07) is 0.00167. The second-order valence-corrected chi connectivity index (χ2v) is 7.95. The summed E-state index contributed by atoms with van der Waals surface area (Å²) in [5.74, 6) is 0.570. The lowest BCUT2D eigenvalue weighted by atomic mass is 9.83. The van der Waals surface area contributed by atoms with E-state index >= 15 is 0 Å². The number of likely N-dealkylation sites (tertiary alicyclic amines) is 1. The Labute approximate surface area is 159 Å². The number of carbonyl (C=O) groups excluding carboxylic acids is 1. The number of amides is 1. The minimum absolute atomic E-state index is 0.186. The third kappa shape index (κ3) is 5.82. The predicted molar refractivity (Wildman–Crippen MR) is 110 cm³/mol. The molecule has 1 aliphatic heterocycles. The first-order valence-electron chi connectivity index (χ1n) is 10.3. The molecule has 0 aromatic carbocycles. The first kappa shape index (κ1) is 20.9. The maximum atomic E-state index is 13.0. The molecule has 26 heavy (non-hydrogen) atoms. The highest BCUT2D eigenvalue weighted by Crippen LogP contribution is 2.28. The molecule has 2 rings (SSSR count). The summed E-state index contributed by atoms with van der Waals surface area (Å²) in [5.41, 5.74) is 7.58. The number of hydrogen-bond acceptors (Lipinski definition) is 3. The Morgan fingerprint density at radius 2 is 1.96 bits per heavy atom. The van der Waals surface area contributed by atoms with E-state index in [-0.39, 0.29) is 11.9 Å². The fourth-order valence-electron chi connectivity index (χ4n) is 4.38. The van der Waals surface area contributed by atoms with Gasteiger partial charge in [-0.15, -0.1) is 0 Å². The van der Waals surface area contributed by atoms with Gasteiger partial charge in [-0.2, -0.15) is 0 Å². The molecule has 0 bridgehead atoms. The molecule has 2 unspecified atom stereocenters. The van der Waals surface area contributed by atoms with Crippen molar-refractivity contribution in [2.45, 2.75) is 63.5 Å². The number of nitrogens with two attached hydrogens (primary N) is 1. The number of hydrogen-bond donors (Lipinski definition) is 1. The Morgan fingerprint density at radius 3 is 2.62 bits per heavy atom. The average molecular weight is 360 g/mol. The molecule has 2 fully saturated rings. The van der Waals surface area contributed by atoms with Gasteiger partial charge in [-0.1, -0.05) is 50.6 Å². The molecule has 0 spiro atoms. The zero-order valence-electron chi connectivity index (χ0n) is 16.5. The molecule has 1 aliphatic carbocycles. The van der Waals surface area contributed by atoms with E-state index in [4.69, 9.17) is 5.73 Å². The van der Waals surface area contributed by atoms with Gasteiger partial charge in [0.05, 0.1) is 6.04 Å². The Morgan fingerprint density at radius 1 is 1.23 bits per heavy atom. The van der Waals surface area contributed by atoms with Gasteiger partial charge in [0, 0.05) is 25.7 Å². The SMILES string of the molecule is C=C/C=C(\C=C)CCN(C)CC1CCCN1C(=O)C(N)C1CCCCC1. The number of allylic oxidation sites excluding steroid dienone is 3. The molecule has 2 aliphatic rings. The zero-order chi connectivity index (χ0) is 18.9. The molecule has 0 radical (unpaired) electrons. The summed E-state index contributed by atoms with van der Waals surface area (Å²) < 4.78 is 0. The van der Waals surface area contributed by atoms with Crippen LogP contribution in [0.1, 0.15) is 51.4 Å². The summed E-state index contributed by atoms with van der Waals surface area (Å²) in [6.07, 6.45) is 14.8. The fourth-order valence-corrected chi connectivity index (χ4v) is 4.38. The van der Waals surface area contributed by atoms with E-state index in [0.717, 1.165) is 51.7 Å². The smallest absolute Gasteiger partial charge is 0.240 e. The highest BCUT2D eigenvalue weighted by Gasteiger charge is 2.35. The van der Waals surface area contributed by atoms with Crippen molar-refractivity contribution in [2.75, 3.05) is 26.7 Å². The van der Waals surface area contributed by atoms with Gasteiger partial charge in [-0.25, -0.2) is 0 Å². The lowest BCUT2D eigenvalue weighted by Gasteiger charge is -2.34. The first-order chi connectivity index (χ1) is 12.6. The van der Waals surface area contributed by atoms with Crippen LogP contribution in [-0.2, 0) is 4.79 Å². The van der Waals surface area contributed by atoms with Crippen LogP contribution in [0, 0.1) is 5.92 Å². The third-order valence-electron chi connectivity index (χ3n) is 6.00. The second kappa shape index (κ2) is 10.7. The van der Waals surface area contributed by atoms with E-state index < -0.39 is 0 Å². The molecule has 1 saturated heterocycles. The normalized spacial score (nSPS) is 23.3. The molecule has 2 N–H and O–H groups in total. The van der Waals surface area contributed by atoms with Gasteiger partial charge < -0.3 is 15.5 Å². The van der Waals surface area contributed by atoms with Crippen molar-refractivity contribution < 1.29 is 4.79 Å². The number of carbonyl (C=O) groups is 1. The van der Waals surface area contributed by atoms with Crippen LogP contribution in [-0.4, -0.2) is 54.5 Å².